The van der Waals surface area contributed by atoms with Gasteiger partial charge in [0.2, 0.25) is 5.91 Å². The summed E-state index contributed by atoms with van der Waals surface area (Å²) in [6, 6.07) is -0.597. The van der Waals surface area contributed by atoms with Gasteiger partial charge in [0.05, 0.1) is 6.20 Å². The van der Waals surface area contributed by atoms with Gasteiger partial charge in [-0.3, -0.25) is 9.69 Å². The van der Waals surface area contributed by atoms with Crippen LogP contribution in [0, 0.1) is 0 Å². The Morgan fingerprint density at radius 2 is 2.43 bits per heavy atom. The Labute approximate surface area is 128 Å². The molecule has 10 heteroatoms. The second-order valence-electron chi connectivity index (χ2n) is 4.68. The van der Waals surface area contributed by atoms with E-state index in [4.69, 9.17) is 5.73 Å². The summed E-state index contributed by atoms with van der Waals surface area (Å²) in [6.45, 7) is 0. The van der Waals surface area contributed by atoms with Crippen molar-refractivity contribution in [1.82, 2.24) is 19.9 Å². The molecule has 1 fully saturated rings. The molecular weight excluding hydrogens is 314 g/mol. The van der Waals surface area contributed by atoms with Gasteiger partial charge >= 0.3 is 5.97 Å². The number of aromatic nitrogens is 3. The monoisotopic (exact) mass is 327 g/mol. The molecule has 3 rings (SSSR count). The molecule has 0 radical (unpaired) electrons. The molecular formula is C11H13N5O3S2. The van der Waals surface area contributed by atoms with E-state index in [-0.39, 0.29) is 17.0 Å². The molecule has 8 nitrogen and oxygen atoms in total. The van der Waals surface area contributed by atoms with Crippen molar-refractivity contribution in [3.63, 3.8) is 0 Å². The Bertz CT molecular complexity index is 644. The van der Waals surface area contributed by atoms with E-state index in [1.54, 1.807) is 17.9 Å². The van der Waals surface area contributed by atoms with Gasteiger partial charge in [0.15, 0.2) is 0 Å². The Hall–Kier alpha value is -1.52. The van der Waals surface area contributed by atoms with Crippen LogP contribution in [-0.4, -0.2) is 59.8 Å². The maximum atomic E-state index is 11.8. The number of carboxylic acids is 1. The lowest BCUT2D eigenvalue weighted by molar-refractivity contribution is -0.147. The van der Waals surface area contributed by atoms with Crippen molar-refractivity contribution in [3.8, 4) is 0 Å². The number of aryl methyl sites for hydroxylation is 1. The van der Waals surface area contributed by atoms with Crippen LogP contribution in [0.3, 0.4) is 0 Å². The minimum atomic E-state index is -1.08. The number of thioether (sulfide) groups is 2. The van der Waals surface area contributed by atoms with E-state index in [0.717, 1.165) is 10.6 Å². The molecule has 1 amide bonds. The van der Waals surface area contributed by atoms with Crippen LogP contribution in [0.4, 0.5) is 0 Å². The Balaban J connectivity index is 1.83. The zero-order chi connectivity index (χ0) is 15.1. The summed E-state index contributed by atoms with van der Waals surface area (Å²) in [5.41, 5.74) is 6.50. The number of nitrogens with two attached hydrogens (primary N) is 1. The van der Waals surface area contributed by atoms with Gasteiger partial charge in [-0.15, -0.1) is 28.6 Å². The SMILES string of the molecule is Cn1nncc1SCC1=C(C(=O)O)N2C(=O)C(N)C2SC1. The van der Waals surface area contributed by atoms with Gasteiger partial charge < -0.3 is 10.8 Å². The fourth-order valence-electron chi connectivity index (χ4n) is 2.26. The zero-order valence-corrected chi connectivity index (χ0v) is 12.7. The molecule has 1 aromatic heterocycles. The third-order valence-corrected chi connectivity index (χ3v) is 5.88. The first kappa shape index (κ1) is 14.4. The second-order valence-corrected chi connectivity index (χ2v) is 6.78. The normalized spacial score (nSPS) is 24.9. The molecule has 112 valence electrons. The highest BCUT2D eigenvalue weighted by atomic mass is 32.2. The Morgan fingerprint density at radius 3 is 3.05 bits per heavy atom. The average Bonchev–Trinajstić information content (AvgIpc) is 2.88. The highest BCUT2D eigenvalue weighted by Crippen LogP contribution is 2.40. The molecule has 0 saturated carbocycles. The number of hydrogen-bond acceptors (Lipinski definition) is 7. The van der Waals surface area contributed by atoms with Crippen molar-refractivity contribution in [2.24, 2.45) is 12.8 Å². The maximum Gasteiger partial charge on any atom is 0.352 e. The number of carbonyl (C=O) groups excluding carboxylic acids is 1. The van der Waals surface area contributed by atoms with Gasteiger partial charge in [-0.2, -0.15) is 0 Å². The highest BCUT2D eigenvalue weighted by Gasteiger charge is 2.51. The van der Waals surface area contributed by atoms with Gasteiger partial charge in [-0.1, -0.05) is 5.21 Å². The lowest BCUT2D eigenvalue weighted by atomic mass is 10.0. The van der Waals surface area contributed by atoms with Crippen LogP contribution in [-0.2, 0) is 16.6 Å². The van der Waals surface area contributed by atoms with Crippen LogP contribution >= 0.6 is 23.5 Å². The Kier molecular flexibility index (Phi) is 3.68. The molecule has 2 aliphatic heterocycles. The Morgan fingerprint density at radius 1 is 1.67 bits per heavy atom. The number of carboxylic acid groups (broad SMARTS) is 1. The standard InChI is InChI=1S/C11H13N5O3S2/c1-15-6(2-13-14-15)20-3-5-4-21-10-7(12)9(17)16(10)8(5)11(18)19/h2,7,10H,3-4,12H2,1H3,(H,18,19). The number of carbonyl (C=O) groups is 2. The van der Waals surface area contributed by atoms with Crippen LogP contribution in [0.1, 0.15) is 0 Å². The fourth-order valence-corrected chi connectivity index (χ4v) is 4.59. The largest absolute Gasteiger partial charge is 0.477 e. The van der Waals surface area contributed by atoms with Crippen molar-refractivity contribution < 1.29 is 14.7 Å². The van der Waals surface area contributed by atoms with E-state index in [0.29, 0.717) is 11.5 Å². The van der Waals surface area contributed by atoms with E-state index in [1.165, 1.54) is 28.4 Å². The predicted molar refractivity (Wildman–Crippen MR) is 77.5 cm³/mol. The summed E-state index contributed by atoms with van der Waals surface area (Å²) in [7, 11) is 1.77. The first-order valence-electron chi connectivity index (χ1n) is 6.13. The van der Waals surface area contributed by atoms with E-state index in [9.17, 15) is 14.7 Å². The summed E-state index contributed by atoms with van der Waals surface area (Å²) < 4.78 is 1.62. The predicted octanol–water partition coefficient (Wildman–Crippen LogP) is -0.512. The average molecular weight is 327 g/mol. The van der Waals surface area contributed by atoms with Gasteiger partial charge in [-0.25, -0.2) is 9.48 Å². The lowest BCUT2D eigenvalue weighted by Gasteiger charge is -2.48. The van der Waals surface area contributed by atoms with Crippen molar-refractivity contribution >= 4 is 35.4 Å². The quantitative estimate of drug-likeness (QED) is 0.561. The number of fused-ring (bicyclic) bond motifs is 1. The molecule has 2 aliphatic rings. The topological polar surface area (TPSA) is 114 Å². The molecule has 0 aliphatic carbocycles. The number of nitrogens with zero attached hydrogens (tertiary/aromatic N) is 4. The third-order valence-electron chi connectivity index (χ3n) is 3.36. The molecule has 1 saturated heterocycles. The summed E-state index contributed by atoms with van der Waals surface area (Å²) >= 11 is 2.95. The number of amides is 1. The summed E-state index contributed by atoms with van der Waals surface area (Å²) in [6.07, 6.45) is 1.62. The second kappa shape index (κ2) is 5.35. The summed E-state index contributed by atoms with van der Waals surface area (Å²) in [5.74, 6) is -0.377. The van der Waals surface area contributed by atoms with E-state index in [1.807, 2.05) is 0 Å². The first-order valence-corrected chi connectivity index (χ1v) is 8.17. The number of hydrogen-bond donors (Lipinski definition) is 2. The first-order chi connectivity index (χ1) is 10.0. The molecule has 3 N–H and O–H groups in total. The van der Waals surface area contributed by atoms with Crippen molar-refractivity contribution in [3.05, 3.63) is 17.5 Å². The van der Waals surface area contributed by atoms with Gasteiger partial charge in [-0.05, 0) is 5.57 Å². The lowest BCUT2D eigenvalue weighted by Crippen LogP contribution is -2.68. The molecule has 0 spiro atoms. The van der Waals surface area contributed by atoms with Crippen LogP contribution in [0.25, 0.3) is 0 Å². The minimum absolute atomic E-state index is 0.0769. The van der Waals surface area contributed by atoms with Gasteiger partial charge in [0, 0.05) is 18.6 Å². The molecule has 0 aromatic carbocycles. The zero-order valence-electron chi connectivity index (χ0n) is 11.1. The molecule has 2 atom stereocenters. The van der Waals surface area contributed by atoms with Crippen molar-refractivity contribution in [1.29, 1.82) is 0 Å². The van der Waals surface area contributed by atoms with Crippen LogP contribution in [0.15, 0.2) is 22.5 Å². The number of rotatable bonds is 4. The highest BCUT2D eigenvalue weighted by molar-refractivity contribution is 8.01. The summed E-state index contributed by atoms with van der Waals surface area (Å²) in [5, 5.41) is 17.6. The fraction of sp³-hybridized carbons (Fsp3) is 0.455. The third kappa shape index (κ3) is 2.32. The van der Waals surface area contributed by atoms with E-state index < -0.39 is 12.0 Å². The smallest absolute Gasteiger partial charge is 0.352 e. The molecule has 2 unspecified atom stereocenters. The number of aliphatic carboxylic acids is 1. The van der Waals surface area contributed by atoms with Crippen LogP contribution in [0.5, 0.6) is 0 Å². The molecule has 21 heavy (non-hydrogen) atoms. The van der Waals surface area contributed by atoms with E-state index >= 15 is 0 Å². The molecule has 0 bridgehead atoms. The summed E-state index contributed by atoms with van der Waals surface area (Å²) in [4.78, 5) is 24.6. The van der Waals surface area contributed by atoms with Crippen LogP contribution < -0.4 is 5.73 Å². The van der Waals surface area contributed by atoms with Gasteiger partial charge in [0.1, 0.15) is 22.1 Å². The van der Waals surface area contributed by atoms with E-state index in [2.05, 4.69) is 10.3 Å². The van der Waals surface area contributed by atoms with Gasteiger partial charge in [0.25, 0.3) is 0 Å². The molecule has 3 heterocycles. The minimum Gasteiger partial charge on any atom is -0.477 e. The number of β-lactam (4-membered cyclic amide) rings is 1. The molecule has 1 aromatic rings. The van der Waals surface area contributed by atoms with Crippen molar-refractivity contribution in [2.75, 3.05) is 11.5 Å². The van der Waals surface area contributed by atoms with Crippen LogP contribution in [0.2, 0.25) is 0 Å². The maximum absolute atomic E-state index is 11.8. The van der Waals surface area contributed by atoms with Crippen molar-refractivity contribution in [2.45, 2.75) is 16.4 Å².